The predicted octanol–water partition coefficient (Wildman–Crippen LogP) is 2.31. The molecule has 0 amide bonds. The maximum absolute atomic E-state index is 11.7. The number of methoxy groups -OCH3 is 1. The van der Waals surface area contributed by atoms with Gasteiger partial charge in [-0.05, 0) is 37.0 Å². The van der Waals surface area contributed by atoms with E-state index in [1.807, 2.05) is 12.1 Å². The molecule has 1 fully saturated rings. The van der Waals surface area contributed by atoms with Crippen LogP contribution in [0.5, 0.6) is 5.75 Å². The number of hydrogen-bond acceptors (Lipinski definition) is 4. The predicted molar refractivity (Wildman–Crippen MR) is 77.9 cm³/mol. The van der Waals surface area contributed by atoms with Crippen molar-refractivity contribution in [1.29, 1.82) is 0 Å². The van der Waals surface area contributed by atoms with Crippen molar-refractivity contribution < 1.29 is 14.3 Å². The molecule has 0 aliphatic heterocycles. The lowest BCUT2D eigenvalue weighted by atomic mass is 10.2. The minimum absolute atomic E-state index is 0.207. The molecule has 0 radical (unpaired) electrons. The van der Waals surface area contributed by atoms with Crippen LogP contribution < -0.4 is 10.1 Å². The highest BCUT2D eigenvalue weighted by Gasteiger charge is 2.28. The quantitative estimate of drug-likeness (QED) is 0.741. The van der Waals surface area contributed by atoms with E-state index in [0.29, 0.717) is 19.1 Å². The van der Waals surface area contributed by atoms with Gasteiger partial charge in [0.1, 0.15) is 11.8 Å². The molecule has 0 spiro atoms. The first-order valence-electron chi connectivity index (χ1n) is 7.28. The van der Waals surface area contributed by atoms with Crippen LogP contribution in [-0.2, 0) is 16.0 Å². The van der Waals surface area contributed by atoms with Gasteiger partial charge in [-0.25, -0.2) is 0 Å². The van der Waals surface area contributed by atoms with Crippen LogP contribution in [0.15, 0.2) is 24.3 Å². The largest absolute Gasteiger partial charge is 0.494 e. The molecule has 110 valence electrons. The van der Waals surface area contributed by atoms with Crippen molar-refractivity contribution in [3.63, 3.8) is 0 Å². The highest BCUT2D eigenvalue weighted by Crippen LogP contribution is 2.20. The molecule has 4 heteroatoms. The third kappa shape index (κ3) is 4.53. The molecule has 20 heavy (non-hydrogen) atoms. The van der Waals surface area contributed by atoms with Crippen LogP contribution in [0.3, 0.4) is 0 Å². The topological polar surface area (TPSA) is 47.6 Å². The number of ether oxygens (including phenoxy) is 2. The molecule has 1 N–H and O–H groups in total. The first-order chi connectivity index (χ1) is 9.72. The van der Waals surface area contributed by atoms with Crippen molar-refractivity contribution in [3.05, 3.63) is 29.8 Å². The van der Waals surface area contributed by atoms with Crippen LogP contribution in [0.2, 0.25) is 0 Å². The monoisotopic (exact) mass is 277 g/mol. The number of benzene rings is 1. The van der Waals surface area contributed by atoms with E-state index >= 15 is 0 Å². The summed E-state index contributed by atoms with van der Waals surface area (Å²) < 4.78 is 10.5. The van der Waals surface area contributed by atoms with E-state index in [1.54, 1.807) is 0 Å². The lowest BCUT2D eigenvalue weighted by Crippen LogP contribution is -2.40. The lowest BCUT2D eigenvalue weighted by Gasteiger charge is -2.16. The van der Waals surface area contributed by atoms with E-state index in [1.165, 1.54) is 12.7 Å². The second kappa shape index (κ2) is 7.29. The van der Waals surface area contributed by atoms with Crippen molar-refractivity contribution in [2.24, 2.45) is 0 Å². The molecule has 0 heterocycles. The van der Waals surface area contributed by atoms with Crippen LogP contribution in [0, 0.1) is 0 Å². The molecule has 1 atom stereocenters. The second-order valence-corrected chi connectivity index (χ2v) is 5.15. The Bertz CT molecular complexity index is 426. The molecule has 0 saturated heterocycles. The average Bonchev–Trinajstić information content (AvgIpc) is 3.30. The van der Waals surface area contributed by atoms with Crippen LogP contribution in [0.4, 0.5) is 0 Å². The van der Waals surface area contributed by atoms with Crippen molar-refractivity contribution in [3.8, 4) is 5.75 Å². The van der Waals surface area contributed by atoms with Gasteiger partial charge in [0.2, 0.25) is 0 Å². The van der Waals surface area contributed by atoms with Gasteiger partial charge in [0.15, 0.2) is 0 Å². The number of aryl methyl sites for hydroxylation is 1. The summed E-state index contributed by atoms with van der Waals surface area (Å²) >= 11 is 0. The normalized spacial score (nSPS) is 15.7. The van der Waals surface area contributed by atoms with Crippen molar-refractivity contribution in [1.82, 2.24) is 5.32 Å². The smallest absolute Gasteiger partial charge is 0.322 e. The molecular formula is C16H23NO3. The molecule has 1 unspecified atom stereocenters. The van der Waals surface area contributed by atoms with E-state index in [2.05, 4.69) is 24.4 Å². The Labute approximate surface area is 120 Å². The summed E-state index contributed by atoms with van der Waals surface area (Å²) in [6.07, 6.45) is 3.94. The maximum atomic E-state index is 11.7. The van der Waals surface area contributed by atoms with E-state index in [9.17, 15) is 4.79 Å². The number of rotatable bonds is 8. The Kier molecular flexibility index (Phi) is 5.41. The zero-order chi connectivity index (χ0) is 14.4. The van der Waals surface area contributed by atoms with Crippen molar-refractivity contribution >= 4 is 5.97 Å². The number of hydrogen-bond donors (Lipinski definition) is 1. The molecule has 1 aliphatic carbocycles. The zero-order valence-corrected chi connectivity index (χ0v) is 12.2. The number of nitrogens with one attached hydrogen (secondary N) is 1. The molecule has 2 rings (SSSR count). The molecule has 1 aromatic rings. The highest BCUT2D eigenvalue weighted by molar-refractivity contribution is 5.75. The van der Waals surface area contributed by atoms with Gasteiger partial charge < -0.3 is 14.8 Å². The Balaban J connectivity index is 1.77. The van der Waals surface area contributed by atoms with E-state index < -0.39 is 0 Å². The SMILES string of the molecule is CCc1ccc(OCCC(NC2CC2)C(=O)OC)cc1. The van der Waals surface area contributed by atoms with Gasteiger partial charge in [0.05, 0.1) is 13.7 Å². The Morgan fingerprint density at radius 3 is 2.60 bits per heavy atom. The molecule has 4 nitrogen and oxygen atoms in total. The number of carbonyl (C=O) groups is 1. The summed E-state index contributed by atoms with van der Waals surface area (Å²) in [6.45, 7) is 2.63. The molecular weight excluding hydrogens is 254 g/mol. The van der Waals surface area contributed by atoms with Crippen LogP contribution in [0.1, 0.15) is 31.7 Å². The van der Waals surface area contributed by atoms with Gasteiger partial charge in [-0.2, -0.15) is 0 Å². The van der Waals surface area contributed by atoms with E-state index in [-0.39, 0.29) is 12.0 Å². The molecule has 1 saturated carbocycles. The van der Waals surface area contributed by atoms with E-state index in [0.717, 1.165) is 25.0 Å². The van der Waals surface area contributed by atoms with Crippen molar-refractivity contribution in [2.75, 3.05) is 13.7 Å². The van der Waals surface area contributed by atoms with Gasteiger partial charge in [-0.3, -0.25) is 4.79 Å². The fourth-order valence-electron chi connectivity index (χ4n) is 2.06. The summed E-state index contributed by atoms with van der Waals surface area (Å²) in [5.74, 6) is 0.638. The molecule has 1 aliphatic rings. The van der Waals surface area contributed by atoms with Crippen LogP contribution in [-0.4, -0.2) is 31.8 Å². The third-order valence-electron chi connectivity index (χ3n) is 3.51. The lowest BCUT2D eigenvalue weighted by molar-refractivity contribution is -0.143. The summed E-state index contributed by atoms with van der Waals surface area (Å²) in [6, 6.07) is 8.29. The van der Waals surface area contributed by atoms with E-state index in [4.69, 9.17) is 9.47 Å². The second-order valence-electron chi connectivity index (χ2n) is 5.15. The van der Waals surface area contributed by atoms with Gasteiger partial charge >= 0.3 is 5.97 Å². The minimum atomic E-state index is -0.262. The van der Waals surface area contributed by atoms with Gasteiger partial charge in [-0.15, -0.1) is 0 Å². The fourth-order valence-corrected chi connectivity index (χ4v) is 2.06. The zero-order valence-electron chi connectivity index (χ0n) is 12.2. The van der Waals surface area contributed by atoms with Crippen molar-refractivity contribution in [2.45, 2.75) is 44.7 Å². The standard InChI is InChI=1S/C16H23NO3/c1-3-12-4-8-14(9-5-12)20-11-10-15(16(18)19-2)17-13-6-7-13/h4-5,8-9,13,15,17H,3,6-7,10-11H2,1-2H3. The number of esters is 1. The molecule has 0 bridgehead atoms. The van der Waals surface area contributed by atoms with Gasteiger partial charge in [0.25, 0.3) is 0 Å². The minimum Gasteiger partial charge on any atom is -0.494 e. The van der Waals surface area contributed by atoms with Crippen LogP contribution in [0.25, 0.3) is 0 Å². The Morgan fingerprint density at radius 1 is 1.35 bits per heavy atom. The Hall–Kier alpha value is -1.55. The summed E-state index contributed by atoms with van der Waals surface area (Å²) in [4.78, 5) is 11.7. The average molecular weight is 277 g/mol. The number of carbonyl (C=O) groups excluding carboxylic acids is 1. The maximum Gasteiger partial charge on any atom is 0.322 e. The van der Waals surface area contributed by atoms with Gasteiger partial charge in [-0.1, -0.05) is 19.1 Å². The van der Waals surface area contributed by atoms with Gasteiger partial charge in [0, 0.05) is 12.5 Å². The first kappa shape index (κ1) is 14.9. The molecule has 1 aromatic carbocycles. The third-order valence-corrected chi connectivity index (χ3v) is 3.51. The molecule has 0 aromatic heterocycles. The summed E-state index contributed by atoms with van der Waals surface area (Å²) in [5, 5.41) is 3.29. The van der Waals surface area contributed by atoms with Crippen LogP contribution >= 0.6 is 0 Å². The Morgan fingerprint density at radius 2 is 2.05 bits per heavy atom. The first-order valence-corrected chi connectivity index (χ1v) is 7.28. The fraction of sp³-hybridized carbons (Fsp3) is 0.562. The summed E-state index contributed by atoms with van der Waals surface area (Å²) in [7, 11) is 1.42. The highest BCUT2D eigenvalue weighted by atomic mass is 16.5. The summed E-state index contributed by atoms with van der Waals surface area (Å²) in [5.41, 5.74) is 1.29.